The highest BCUT2D eigenvalue weighted by Gasteiger charge is 2.24. The predicted molar refractivity (Wildman–Crippen MR) is 107 cm³/mol. The quantitative estimate of drug-likeness (QED) is 0.544. The fourth-order valence-electron chi connectivity index (χ4n) is 2.96. The van der Waals surface area contributed by atoms with E-state index in [4.69, 9.17) is 23.8 Å². The van der Waals surface area contributed by atoms with Crippen LogP contribution in [0.1, 0.15) is 33.9 Å². The van der Waals surface area contributed by atoms with Crippen LogP contribution in [0.4, 0.5) is 4.39 Å². The zero-order valence-corrected chi connectivity index (χ0v) is 15.8. The van der Waals surface area contributed by atoms with Crippen molar-refractivity contribution in [3.63, 3.8) is 0 Å². The Morgan fingerprint density at radius 3 is 2.76 bits per heavy atom. The lowest BCUT2D eigenvalue weighted by Crippen LogP contribution is -2.32. The van der Waals surface area contributed by atoms with Gasteiger partial charge in [-0.1, -0.05) is 35.7 Å². The maximum atomic E-state index is 14.4. The van der Waals surface area contributed by atoms with E-state index in [1.807, 2.05) is 0 Å². The van der Waals surface area contributed by atoms with Gasteiger partial charge in [0.2, 0.25) is 5.91 Å². The van der Waals surface area contributed by atoms with Gasteiger partial charge in [-0.15, -0.1) is 6.42 Å². The van der Waals surface area contributed by atoms with Crippen LogP contribution in [0.25, 0.3) is 11.3 Å². The van der Waals surface area contributed by atoms with Crippen LogP contribution in [0.3, 0.4) is 0 Å². The highest BCUT2D eigenvalue weighted by atomic mass is 35.5. The van der Waals surface area contributed by atoms with Crippen LogP contribution in [0.15, 0.2) is 48.7 Å². The highest BCUT2D eigenvalue weighted by Crippen LogP contribution is 2.28. The first kappa shape index (κ1) is 20.1. The Hall–Kier alpha value is -3.63. The summed E-state index contributed by atoms with van der Waals surface area (Å²) < 4.78 is 14.4. The molecule has 4 N–H and O–H groups in total. The van der Waals surface area contributed by atoms with E-state index in [1.165, 1.54) is 18.3 Å². The van der Waals surface area contributed by atoms with Crippen molar-refractivity contribution in [3.8, 4) is 23.6 Å². The van der Waals surface area contributed by atoms with Gasteiger partial charge in [-0.2, -0.15) is 5.10 Å². The van der Waals surface area contributed by atoms with Crippen LogP contribution < -0.4 is 11.1 Å². The fourth-order valence-corrected chi connectivity index (χ4v) is 3.16. The number of hydrogen-bond donors (Lipinski definition) is 3. The van der Waals surface area contributed by atoms with Gasteiger partial charge in [-0.25, -0.2) is 4.39 Å². The number of rotatable bonds is 6. The lowest BCUT2D eigenvalue weighted by atomic mass is 10.00. The summed E-state index contributed by atoms with van der Waals surface area (Å²) in [6.45, 7) is 0. The van der Waals surface area contributed by atoms with Gasteiger partial charge in [0, 0.05) is 10.6 Å². The number of nitrogens with one attached hydrogen (secondary N) is 2. The third-order valence-corrected chi connectivity index (χ3v) is 4.50. The van der Waals surface area contributed by atoms with Crippen LogP contribution in [-0.4, -0.2) is 22.0 Å². The van der Waals surface area contributed by atoms with Crippen LogP contribution in [0, 0.1) is 18.2 Å². The Balaban J connectivity index is 1.97. The minimum absolute atomic E-state index is 0.0619. The third kappa shape index (κ3) is 4.45. The first-order chi connectivity index (χ1) is 13.9. The molecule has 3 rings (SSSR count). The third-order valence-electron chi connectivity index (χ3n) is 4.26. The van der Waals surface area contributed by atoms with Crippen LogP contribution in [-0.2, 0) is 4.79 Å². The van der Waals surface area contributed by atoms with Crippen molar-refractivity contribution in [3.05, 3.63) is 76.2 Å². The minimum atomic E-state index is -0.728. The molecule has 0 unspecified atom stereocenters. The number of primary amides is 1. The Kier molecular flexibility index (Phi) is 5.96. The van der Waals surface area contributed by atoms with Crippen molar-refractivity contribution < 1.29 is 14.0 Å². The summed E-state index contributed by atoms with van der Waals surface area (Å²) >= 11 is 6.01. The number of H-pyrrole nitrogens is 1. The van der Waals surface area contributed by atoms with E-state index in [2.05, 4.69) is 21.4 Å². The Bertz CT molecular complexity index is 1120. The molecule has 0 aliphatic carbocycles. The lowest BCUT2D eigenvalue weighted by molar-refractivity contribution is -0.118. The number of carbonyl (C=O) groups is 2. The molecule has 0 fully saturated rings. The second kappa shape index (κ2) is 8.59. The zero-order chi connectivity index (χ0) is 21.0. The summed E-state index contributed by atoms with van der Waals surface area (Å²) in [5.74, 6) is 0.617. The van der Waals surface area contributed by atoms with E-state index >= 15 is 0 Å². The molecule has 1 heterocycles. The summed E-state index contributed by atoms with van der Waals surface area (Å²) in [6.07, 6.45) is 6.58. The Morgan fingerprint density at radius 1 is 1.31 bits per heavy atom. The zero-order valence-electron chi connectivity index (χ0n) is 15.1. The molecule has 0 radical (unpaired) electrons. The smallest absolute Gasteiger partial charge is 0.255 e. The second-order valence-electron chi connectivity index (χ2n) is 6.22. The standard InChI is InChI=1S/C21H16ClFN4O2/c1-2-12-5-4-8-16(23)19(12)20-15(11-25-27-20)21(29)26-17(10-18(24)28)13-6-3-7-14(22)9-13/h1,3-9,11,17H,10H2,(H2,24,28)(H,25,27)(H,26,29)/t17-/m0/s1. The van der Waals surface area contributed by atoms with Gasteiger partial charge in [0.1, 0.15) is 5.82 Å². The fraction of sp³-hybridized carbons (Fsp3) is 0.0952. The number of hydrogen-bond acceptors (Lipinski definition) is 3. The predicted octanol–water partition coefficient (Wildman–Crippen LogP) is 3.20. The molecule has 2 amide bonds. The highest BCUT2D eigenvalue weighted by molar-refractivity contribution is 6.30. The van der Waals surface area contributed by atoms with Crippen molar-refractivity contribution in [2.24, 2.45) is 5.73 Å². The molecule has 1 aromatic heterocycles. The molecule has 146 valence electrons. The normalized spacial score (nSPS) is 11.5. The number of terminal acetylenes is 1. The average molecular weight is 411 g/mol. The van der Waals surface area contributed by atoms with E-state index < -0.39 is 23.7 Å². The molecule has 8 heteroatoms. The number of nitrogens with zero attached hydrogens (tertiary/aromatic N) is 1. The number of benzene rings is 2. The molecule has 29 heavy (non-hydrogen) atoms. The van der Waals surface area contributed by atoms with Crippen molar-refractivity contribution in [2.45, 2.75) is 12.5 Å². The second-order valence-corrected chi connectivity index (χ2v) is 6.65. The molecule has 0 bridgehead atoms. The lowest BCUT2D eigenvalue weighted by Gasteiger charge is -2.18. The number of amides is 2. The summed E-state index contributed by atoms with van der Waals surface area (Å²) in [6, 6.07) is 10.2. The Labute approximate surface area is 171 Å². The van der Waals surface area contributed by atoms with Gasteiger partial charge in [0.25, 0.3) is 5.91 Å². The van der Waals surface area contributed by atoms with Gasteiger partial charge < -0.3 is 11.1 Å². The molecule has 6 nitrogen and oxygen atoms in total. The van der Waals surface area contributed by atoms with Crippen LogP contribution >= 0.6 is 11.6 Å². The van der Waals surface area contributed by atoms with E-state index in [-0.39, 0.29) is 28.8 Å². The molecule has 0 spiro atoms. The van der Waals surface area contributed by atoms with Crippen molar-refractivity contribution in [1.29, 1.82) is 0 Å². The topological polar surface area (TPSA) is 101 Å². The molecular weight excluding hydrogens is 395 g/mol. The molecule has 0 saturated heterocycles. The van der Waals surface area contributed by atoms with E-state index in [0.717, 1.165) is 0 Å². The minimum Gasteiger partial charge on any atom is -0.370 e. The monoisotopic (exact) mass is 410 g/mol. The Morgan fingerprint density at radius 2 is 2.07 bits per heavy atom. The van der Waals surface area contributed by atoms with Gasteiger partial charge in [0.15, 0.2) is 0 Å². The first-order valence-electron chi connectivity index (χ1n) is 8.54. The molecule has 1 atom stereocenters. The summed E-state index contributed by atoms with van der Waals surface area (Å²) in [7, 11) is 0. The largest absolute Gasteiger partial charge is 0.370 e. The summed E-state index contributed by atoms with van der Waals surface area (Å²) in [5.41, 5.74) is 6.47. The van der Waals surface area contributed by atoms with Gasteiger partial charge in [-0.3, -0.25) is 14.7 Å². The van der Waals surface area contributed by atoms with Crippen LogP contribution in [0.5, 0.6) is 0 Å². The average Bonchev–Trinajstić information content (AvgIpc) is 3.16. The SMILES string of the molecule is C#Cc1cccc(F)c1-c1[nH]ncc1C(=O)N[C@@H](CC(N)=O)c1cccc(Cl)c1. The molecular formula is C21H16ClFN4O2. The number of aromatic amines is 1. The van der Waals surface area contributed by atoms with Crippen molar-refractivity contribution in [2.75, 3.05) is 0 Å². The van der Waals surface area contributed by atoms with Gasteiger partial charge in [-0.05, 0) is 29.8 Å². The molecule has 3 aromatic rings. The molecule has 2 aromatic carbocycles. The van der Waals surface area contributed by atoms with Crippen LogP contribution in [0.2, 0.25) is 5.02 Å². The van der Waals surface area contributed by atoms with Gasteiger partial charge in [0.05, 0.1) is 35.5 Å². The van der Waals surface area contributed by atoms with E-state index in [9.17, 15) is 14.0 Å². The van der Waals surface area contributed by atoms with Crippen molar-refractivity contribution in [1.82, 2.24) is 15.5 Å². The number of nitrogens with two attached hydrogens (primary N) is 1. The number of aromatic nitrogens is 2. The van der Waals surface area contributed by atoms with E-state index in [1.54, 1.807) is 30.3 Å². The molecule has 0 aliphatic heterocycles. The van der Waals surface area contributed by atoms with Gasteiger partial charge >= 0.3 is 0 Å². The maximum absolute atomic E-state index is 14.4. The molecule has 0 aliphatic rings. The number of carbonyl (C=O) groups excluding carboxylic acids is 2. The summed E-state index contributed by atoms with van der Waals surface area (Å²) in [5, 5.41) is 9.65. The maximum Gasteiger partial charge on any atom is 0.255 e. The molecule has 0 saturated carbocycles. The first-order valence-corrected chi connectivity index (χ1v) is 8.92. The number of halogens is 2. The van der Waals surface area contributed by atoms with E-state index in [0.29, 0.717) is 10.6 Å². The van der Waals surface area contributed by atoms with Crippen molar-refractivity contribution >= 4 is 23.4 Å². The summed E-state index contributed by atoms with van der Waals surface area (Å²) in [4.78, 5) is 24.4.